The van der Waals surface area contributed by atoms with E-state index in [1.807, 2.05) is 0 Å². The van der Waals surface area contributed by atoms with Crippen LogP contribution in [-0.2, 0) is 0 Å². The van der Waals surface area contributed by atoms with Gasteiger partial charge in [0.05, 0.1) is 0 Å². The van der Waals surface area contributed by atoms with Crippen molar-refractivity contribution in [3.8, 4) is 0 Å². The van der Waals surface area contributed by atoms with Gasteiger partial charge in [-0.3, -0.25) is 4.79 Å². The van der Waals surface area contributed by atoms with Crippen LogP contribution < -0.4 is 5.32 Å². The molecule has 0 aliphatic heterocycles. The second-order valence-corrected chi connectivity index (χ2v) is 4.30. The molecule has 1 heterocycles. The summed E-state index contributed by atoms with van der Waals surface area (Å²) in [6.45, 7) is 3.59. The molecule has 0 radical (unpaired) electrons. The van der Waals surface area contributed by atoms with Crippen LogP contribution in [0.2, 0.25) is 0 Å². The molecular weight excluding hydrogens is 206 g/mol. The third-order valence-electron chi connectivity index (χ3n) is 1.15. The summed E-state index contributed by atoms with van der Waals surface area (Å²) in [5.74, 6) is 0.588. The molecule has 0 aliphatic carbocycles. The molecule has 70 valence electrons. The smallest absolute Gasteiger partial charge is 0.282 e. The average molecular weight is 215 g/mol. The van der Waals surface area contributed by atoms with Crippen molar-refractivity contribution in [1.82, 2.24) is 15.5 Å². The molecule has 0 saturated heterocycles. The molecule has 4 nitrogen and oxygen atoms in total. The minimum Gasteiger partial charge on any atom is -0.353 e. The molecular formula is C7H9N3OS2. The highest BCUT2D eigenvalue weighted by atomic mass is 32.2. The molecule has 0 unspecified atom stereocenters. The number of carbonyl (C=O) groups is 1. The minimum atomic E-state index is -0.192. The lowest BCUT2D eigenvalue weighted by atomic mass is 10.6. The highest BCUT2D eigenvalue weighted by Crippen LogP contribution is 2.21. The van der Waals surface area contributed by atoms with Gasteiger partial charge in [-0.15, -0.1) is 16.8 Å². The highest BCUT2D eigenvalue weighted by molar-refractivity contribution is 8.01. The van der Waals surface area contributed by atoms with Crippen molar-refractivity contribution < 1.29 is 4.79 Å². The third kappa shape index (κ3) is 2.82. The predicted octanol–water partition coefficient (Wildman–Crippen LogP) is 1.18. The summed E-state index contributed by atoms with van der Waals surface area (Å²) in [4.78, 5) is 11.1. The number of nitrogens with one attached hydrogen (secondary N) is 1. The molecule has 1 aromatic heterocycles. The Labute approximate surface area is 84.4 Å². The van der Waals surface area contributed by atoms with Crippen LogP contribution >= 0.6 is 23.1 Å². The van der Waals surface area contributed by atoms with E-state index < -0.39 is 0 Å². The van der Waals surface area contributed by atoms with Gasteiger partial charge in [-0.25, -0.2) is 0 Å². The molecule has 13 heavy (non-hydrogen) atoms. The molecule has 0 aromatic carbocycles. The Bertz CT molecular complexity index is 310. The van der Waals surface area contributed by atoms with E-state index in [1.165, 1.54) is 23.1 Å². The number of amides is 1. The highest BCUT2D eigenvalue weighted by Gasteiger charge is 2.10. The van der Waals surface area contributed by atoms with Gasteiger partial charge in [0.1, 0.15) is 0 Å². The van der Waals surface area contributed by atoms with Crippen LogP contribution in [0, 0.1) is 0 Å². The molecule has 1 amide bonds. The van der Waals surface area contributed by atoms with Crippen LogP contribution in [0.15, 0.2) is 17.0 Å². The maximum Gasteiger partial charge on any atom is 0.282 e. The Hall–Kier alpha value is -0.880. The minimum absolute atomic E-state index is 0.192. The fourth-order valence-electron chi connectivity index (χ4n) is 0.597. The zero-order valence-electron chi connectivity index (χ0n) is 7.11. The Morgan fingerprint density at radius 2 is 2.54 bits per heavy atom. The van der Waals surface area contributed by atoms with E-state index in [-0.39, 0.29) is 5.91 Å². The summed E-state index contributed by atoms with van der Waals surface area (Å²) in [5, 5.41) is 10.5. The third-order valence-corrected chi connectivity index (χ3v) is 3.20. The molecule has 0 aliphatic rings. The van der Waals surface area contributed by atoms with Gasteiger partial charge in [0.25, 0.3) is 5.91 Å². The normalized spacial score (nSPS) is 9.62. The molecule has 0 spiro atoms. The van der Waals surface area contributed by atoms with Crippen LogP contribution in [0.5, 0.6) is 0 Å². The summed E-state index contributed by atoms with van der Waals surface area (Å²) < 4.78 is 0.790. The first-order chi connectivity index (χ1) is 6.27. The second kappa shape index (κ2) is 4.98. The van der Waals surface area contributed by atoms with Crippen molar-refractivity contribution in [3.05, 3.63) is 17.7 Å². The number of rotatable bonds is 4. The fraction of sp³-hybridized carbons (Fsp3) is 0.286. The van der Waals surface area contributed by atoms with Crippen LogP contribution in [0.3, 0.4) is 0 Å². The molecule has 0 fully saturated rings. The first-order valence-corrected chi connectivity index (χ1v) is 5.37. The van der Waals surface area contributed by atoms with E-state index in [9.17, 15) is 4.79 Å². The number of carbonyl (C=O) groups excluding carboxylic acids is 1. The van der Waals surface area contributed by atoms with Crippen molar-refractivity contribution in [2.45, 2.75) is 4.34 Å². The fourth-order valence-corrected chi connectivity index (χ4v) is 2.16. The van der Waals surface area contributed by atoms with Crippen LogP contribution in [0.25, 0.3) is 0 Å². The quantitative estimate of drug-likeness (QED) is 0.605. The van der Waals surface area contributed by atoms with Gasteiger partial charge in [-0.05, 0) is 0 Å². The molecule has 0 bridgehead atoms. The molecule has 1 N–H and O–H groups in total. The number of aromatic nitrogens is 2. The van der Waals surface area contributed by atoms with Crippen molar-refractivity contribution in [1.29, 1.82) is 0 Å². The van der Waals surface area contributed by atoms with Crippen molar-refractivity contribution in [2.24, 2.45) is 0 Å². The topological polar surface area (TPSA) is 54.9 Å². The molecule has 1 aromatic rings. The zero-order chi connectivity index (χ0) is 9.68. The van der Waals surface area contributed by atoms with Crippen molar-refractivity contribution >= 4 is 29.0 Å². The predicted molar refractivity (Wildman–Crippen MR) is 54.2 cm³/mol. The molecule has 1 rings (SSSR count). The van der Waals surface area contributed by atoms with E-state index in [4.69, 9.17) is 0 Å². The van der Waals surface area contributed by atoms with Gasteiger partial charge in [0.2, 0.25) is 5.01 Å². The summed E-state index contributed by atoms with van der Waals surface area (Å²) in [5.41, 5.74) is 0. The van der Waals surface area contributed by atoms with Gasteiger partial charge >= 0.3 is 0 Å². The Balaban J connectivity index is 2.63. The van der Waals surface area contributed by atoms with Crippen molar-refractivity contribution in [3.63, 3.8) is 0 Å². The van der Waals surface area contributed by atoms with Gasteiger partial charge in [-0.1, -0.05) is 29.2 Å². The van der Waals surface area contributed by atoms with E-state index in [0.29, 0.717) is 5.01 Å². The maximum atomic E-state index is 11.1. The van der Waals surface area contributed by atoms with Gasteiger partial charge in [-0.2, -0.15) is 0 Å². The van der Waals surface area contributed by atoms with E-state index in [1.54, 1.807) is 13.1 Å². The van der Waals surface area contributed by atoms with Gasteiger partial charge < -0.3 is 5.32 Å². The van der Waals surface area contributed by atoms with Gasteiger partial charge in [0.15, 0.2) is 4.34 Å². The summed E-state index contributed by atoms with van der Waals surface area (Å²) in [6, 6.07) is 0. The maximum absolute atomic E-state index is 11.1. The standard InChI is InChI=1S/C7H9N3OS2/c1-3-4-12-7-10-9-6(13-7)5(11)8-2/h3H,1,4H2,2H3,(H,8,11). The lowest BCUT2D eigenvalue weighted by Crippen LogP contribution is -2.17. The zero-order valence-corrected chi connectivity index (χ0v) is 8.74. The Morgan fingerprint density at radius 1 is 1.77 bits per heavy atom. The number of nitrogens with zero attached hydrogens (tertiary/aromatic N) is 2. The van der Waals surface area contributed by atoms with E-state index in [2.05, 4.69) is 22.1 Å². The molecule has 0 atom stereocenters. The lowest BCUT2D eigenvalue weighted by molar-refractivity contribution is 0.0962. The largest absolute Gasteiger partial charge is 0.353 e. The molecule has 0 saturated carbocycles. The van der Waals surface area contributed by atoms with E-state index >= 15 is 0 Å². The number of hydrogen-bond donors (Lipinski definition) is 1. The first-order valence-electron chi connectivity index (χ1n) is 3.57. The summed E-state index contributed by atoms with van der Waals surface area (Å²) in [6.07, 6.45) is 1.78. The number of hydrogen-bond acceptors (Lipinski definition) is 5. The molecule has 6 heteroatoms. The lowest BCUT2D eigenvalue weighted by Gasteiger charge is -1.89. The monoisotopic (exact) mass is 215 g/mol. The Morgan fingerprint density at radius 3 is 3.15 bits per heavy atom. The second-order valence-electron chi connectivity index (χ2n) is 2.05. The Kier molecular flexibility index (Phi) is 3.91. The van der Waals surface area contributed by atoms with Crippen LogP contribution in [0.1, 0.15) is 9.80 Å². The SMILES string of the molecule is C=CCSc1nnc(C(=O)NC)s1. The first kappa shape index (κ1) is 10.2. The van der Waals surface area contributed by atoms with Gasteiger partial charge in [0, 0.05) is 12.8 Å². The average Bonchev–Trinajstić information content (AvgIpc) is 2.62. The summed E-state index contributed by atoms with van der Waals surface area (Å²) in [7, 11) is 1.57. The van der Waals surface area contributed by atoms with Crippen LogP contribution in [0.4, 0.5) is 0 Å². The van der Waals surface area contributed by atoms with Crippen molar-refractivity contribution in [2.75, 3.05) is 12.8 Å². The number of thioether (sulfide) groups is 1. The summed E-state index contributed by atoms with van der Waals surface area (Å²) >= 11 is 2.80. The van der Waals surface area contributed by atoms with Crippen LogP contribution in [-0.4, -0.2) is 28.9 Å². The van der Waals surface area contributed by atoms with E-state index in [0.717, 1.165) is 10.1 Å².